The second-order valence-corrected chi connectivity index (χ2v) is 10.5. The first kappa shape index (κ1) is 27.6. The molecule has 0 unspecified atom stereocenters. The van der Waals surface area contributed by atoms with Gasteiger partial charge >= 0.3 is 6.18 Å². The number of aromatic nitrogens is 2. The Labute approximate surface area is 223 Å². The Morgan fingerprint density at radius 1 is 0.923 bits per heavy atom. The average molecular weight is 556 g/mol. The molecule has 0 aliphatic heterocycles. The zero-order valence-electron chi connectivity index (χ0n) is 20.8. The number of rotatable bonds is 8. The molecule has 0 aliphatic rings. The third-order valence-corrected chi connectivity index (χ3v) is 6.19. The Hall–Kier alpha value is -4.45. The third kappa shape index (κ3) is 7.54. The number of sulfonamides is 1. The topological polar surface area (TPSA) is 113 Å². The lowest BCUT2D eigenvalue weighted by molar-refractivity contribution is -0.137. The normalized spacial score (nSPS) is 12.4. The van der Waals surface area contributed by atoms with Crippen LogP contribution in [-0.2, 0) is 16.2 Å². The maximum Gasteiger partial charge on any atom is 0.416 e. The van der Waals surface area contributed by atoms with Crippen LogP contribution in [0.3, 0.4) is 0 Å². The minimum absolute atomic E-state index is 0.103. The molecular formula is C27H24F3N5O3S. The molecule has 12 heteroatoms. The molecule has 3 aromatic carbocycles. The Morgan fingerprint density at radius 2 is 1.64 bits per heavy atom. The molecule has 39 heavy (non-hydrogen) atoms. The number of carbonyl (C=O) groups excluding carboxylic acids is 1. The van der Waals surface area contributed by atoms with Crippen LogP contribution in [0.15, 0.2) is 85.2 Å². The van der Waals surface area contributed by atoms with E-state index in [4.69, 9.17) is 0 Å². The van der Waals surface area contributed by atoms with Crippen molar-refractivity contribution in [3.8, 4) is 11.3 Å². The van der Waals surface area contributed by atoms with E-state index < -0.39 is 27.7 Å². The van der Waals surface area contributed by atoms with Gasteiger partial charge in [-0.25, -0.2) is 13.4 Å². The molecule has 0 spiro atoms. The van der Waals surface area contributed by atoms with Crippen LogP contribution in [0.4, 0.5) is 30.4 Å². The fourth-order valence-electron chi connectivity index (χ4n) is 3.73. The van der Waals surface area contributed by atoms with E-state index in [9.17, 15) is 26.4 Å². The van der Waals surface area contributed by atoms with Crippen molar-refractivity contribution in [3.05, 3.63) is 102 Å². The summed E-state index contributed by atoms with van der Waals surface area (Å²) in [7, 11) is -3.38. The van der Waals surface area contributed by atoms with Gasteiger partial charge in [0, 0.05) is 22.5 Å². The molecule has 0 radical (unpaired) electrons. The van der Waals surface area contributed by atoms with E-state index in [1.807, 2.05) is 13.0 Å². The van der Waals surface area contributed by atoms with Gasteiger partial charge in [0.15, 0.2) is 0 Å². The van der Waals surface area contributed by atoms with Crippen LogP contribution in [0.1, 0.15) is 34.5 Å². The van der Waals surface area contributed by atoms with Crippen LogP contribution in [-0.4, -0.2) is 30.5 Å². The van der Waals surface area contributed by atoms with Gasteiger partial charge in [0.05, 0.1) is 35.9 Å². The number of amides is 1. The van der Waals surface area contributed by atoms with Crippen molar-refractivity contribution in [2.45, 2.75) is 19.1 Å². The lowest BCUT2D eigenvalue weighted by Crippen LogP contribution is -2.14. The van der Waals surface area contributed by atoms with E-state index >= 15 is 0 Å². The number of nitrogens with zero attached hydrogens (tertiary/aromatic N) is 2. The standard InChI is InChI=1S/C27H24F3N5O3S/c1-17(32-25-16-31-15-24(34-25)18-9-11-22(12-10-18)35-39(2,37)38)19-5-4-8-23(14-19)33-26(36)20-6-3-7-21(13-20)27(28,29)30/h3-17,35H,1-2H3,(H,32,34)(H,33,36)/t17-/m0/s1. The summed E-state index contributed by atoms with van der Waals surface area (Å²) in [6, 6.07) is 17.6. The first-order valence-electron chi connectivity index (χ1n) is 11.6. The lowest BCUT2D eigenvalue weighted by Gasteiger charge is -2.17. The molecule has 1 aromatic heterocycles. The van der Waals surface area contributed by atoms with Crippen molar-refractivity contribution < 1.29 is 26.4 Å². The second-order valence-electron chi connectivity index (χ2n) is 8.77. The fourth-order valence-corrected chi connectivity index (χ4v) is 4.29. The smallest absolute Gasteiger partial charge is 0.362 e. The van der Waals surface area contributed by atoms with E-state index in [2.05, 4.69) is 25.3 Å². The number of hydrogen-bond acceptors (Lipinski definition) is 6. The van der Waals surface area contributed by atoms with Crippen molar-refractivity contribution in [1.82, 2.24) is 9.97 Å². The van der Waals surface area contributed by atoms with Gasteiger partial charge in [-0.2, -0.15) is 13.2 Å². The maximum atomic E-state index is 13.0. The van der Waals surface area contributed by atoms with Gasteiger partial charge in [-0.15, -0.1) is 0 Å². The number of anilines is 3. The molecule has 1 amide bonds. The molecular weight excluding hydrogens is 531 g/mol. The minimum Gasteiger partial charge on any atom is -0.362 e. The van der Waals surface area contributed by atoms with E-state index in [1.165, 1.54) is 12.1 Å². The summed E-state index contributed by atoms with van der Waals surface area (Å²) < 4.78 is 64.2. The summed E-state index contributed by atoms with van der Waals surface area (Å²) >= 11 is 0. The molecule has 202 valence electrons. The van der Waals surface area contributed by atoms with Crippen molar-refractivity contribution in [3.63, 3.8) is 0 Å². The number of benzene rings is 3. The summed E-state index contributed by atoms with van der Waals surface area (Å²) in [4.78, 5) is 21.4. The van der Waals surface area contributed by atoms with Gasteiger partial charge in [-0.3, -0.25) is 14.5 Å². The van der Waals surface area contributed by atoms with Crippen LogP contribution < -0.4 is 15.4 Å². The van der Waals surface area contributed by atoms with Gasteiger partial charge in [0.1, 0.15) is 5.82 Å². The summed E-state index contributed by atoms with van der Waals surface area (Å²) in [5, 5.41) is 5.88. The highest BCUT2D eigenvalue weighted by Gasteiger charge is 2.30. The molecule has 3 N–H and O–H groups in total. The zero-order chi connectivity index (χ0) is 28.2. The van der Waals surface area contributed by atoms with Crippen molar-refractivity contribution in [2.24, 2.45) is 0 Å². The third-order valence-electron chi connectivity index (χ3n) is 5.58. The Balaban J connectivity index is 1.45. The first-order valence-corrected chi connectivity index (χ1v) is 13.5. The summed E-state index contributed by atoms with van der Waals surface area (Å²) in [6.45, 7) is 1.88. The van der Waals surface area contributed by atoms with Crippen molar-refractivity contribution in [2.75, 3.05) is 21.6 Å². The predicted octanol–water partition coefficient (Wildman–Crippen LogP) is 5.96. The first-order chi connectivity index (χ1) is 18.4. The van der Waals surface area contributed by atoms with Crippen molar-refractivity contribution >= 4 is 33.1 Å². The average Bonchev–Trinajstić information content (AvgIpc) is 2.88. The molecule has 0 saturated heterocycles. The largest absolute Gasteiger partial charge is 0.416 e. The number of nitrogens with one attached hydrogen (secondary N) is 3. The van der Waals surface area contributed by atoms with E-state index in [1.54, 1.807) is 54.9 Å². The summed E-state index contributed by atoms with van der Waals surface area (Å²) in [5.74, 6) is -0.174. The van der Waals surface area contributed by atoms with Gasteiger partial charge in [0.25, 0.3) is 5.91 Å². The number of hydrogen-bond donors (Lipinski definition) is 3. The molecule has 4 rings (SSSR count). The lowest BCUT2D eigenvalue weighted by atomic mass is 10.1. The minimum atomic E-state index is -4.55. The quantitative estimate of drug-likeness (QED) is 0.247. The Morgan fingerprint density at radius 3 is 2.33 bits per heavy atom. The molecule has 4 aromatic rings. The Kier molecular flexibility index (Phi) is 7.86. The highest BCUT2D eigenvalue weighted by Crippen LogP contribution is 2.30. The fraction of sp³-hybridized carbons (Fsp3) is 0.148. The van der Waals surface area contributed by atoms with Gasteiger partial charge in [-0.05, 0) is 55.0 Å². The Bertz CT molecular complexity index is 1590. The molecule has 0 bridgehead atoms. The maximum absolute atomic E-state index is 13.0. The SMILES string of the molecule is C[C@H](Nc1cncc(-c2ccc(NS(C)(=O)=O)cc2)n1)c1cccc(NC(=O)c2cccc(C(F)(F)F)c2)c1. The van der Waals surface area contributed by atoms with Gasteiger partial charge in [0.2, 0.25) is 10.0 Å². The van der Waals surface area contributed by atoms with Gasteiger partial charge in [-0.1, -0.05) is 30.3 Å². The molecule has 1 atom stereocenters. The second kappa shape index (κ2) is 11.1. The number of halogens is 3. The predicted molar refractivity (Wildman–Crippen MR) is 144 cm³/mol. The molecule has 0 fully saturated rings. The molecule has 8 nitrogen and oxygen atoms in total. The summed E-state index contributed by atoms with van der Waals surface area (Å²) in [5.41, 5.74) is 1.95. The molecule has 0 aliphatic carbocycles. The molecule has 0 saturated carbocycles. The highest BCUT2D eigenvalue weighted by atomic mass is 32.2. The molecule has 1 heterocycles. The van der Waals surface area contributed by atoms with Crippen LogP contribution >= 0.6 is 0 Å². The van der Waals surface area contributed by atoms with Crippen LogP contribution in [0.2, 0.25) is 0 Å². The van der Waals surface area contributed by atoms with Gasteiger partial charge < -0.3 is 10.6 Å². The van der Waals surface area contributed by atoms with Crippen LogP contribution in [0, 0.1) is 0 Å². The van der Waals surface area contributed by atoms with E-state index in [0.29, 0.717) is 22.9 Å². The zero-order valence-corrected chi connectivity index (χ0v) is 21.6. The monoisotopic (exact) mass is 555 g/mol. The van der Waals surface area contributed by atoms with E-state index in [-0.39, 0.29) is 11.6 Å². The van der Waals surface area contributed by atoms with Crippen molar-refractivity contribution in [1.29, 1.82) is 0 Å². The number of carbonyl (C=O) groups is 1. The van der Waals surface area contributed by atoms with Crippen LogP contribution in [0.25, 0.3) is 11.3 Å². The highest BCUT2D eigenvalue weighted by molar-refractivity contribution is 7.92. The van der Waals surface area contributed by atoms with E-state index in [0.717, 1.165) is 29.5 Å². The van der Waals surface area contributed by atoms with Crippen LogP contribution in [0.5, 0.6) is 0 Å². The number of alkyl halides is 3. The summed E-state index contributed by atoms with van der Waals surface area (Å²) in [6.07, 6.45) is -0.337.